The van der Waals surface area contributed by atoms with E-state index in [1.807, 2.05) is 30.3 Å². The summed E-state index contributed by atoms with van der Waals surface area (Å²) in [5.41, 5.74) is 0.847. The predicted molar refractivity (Wildman–Crippen MR) is 60.4 cm³/mol. The van der Waals surface area contributed by atoms with Gasteiger partial charge in [-0.2, -0.15) is 0 Å². The number of carbonyl (C=O) groups is 2. The van der Waals surface area contributed by atoms with Gasteiger partial charge in [0, 0.05) is 6.42 Å². The fourth-order valence-electron chi connectivity index (χ4n) is 0.884. The number of benzene rings is 1. The van der Waals surface area contributed by atoms with E-state index in [1.165, 1.54) is 0 Å². The molecule has 0 radical (unpaired) electrons. The summed E-state index contributed by atoms with van der Waals surface area (Å²) in [7, 11) is 0. The van der Waals surface area contributed by atoms with E-state index in [0.29, 0.717) is 0 Å². The Kier molecular flexibility index (Phi) is 6.59. The zero-order valence-electron chi connectivity index (χ0n) is 9.38. The fourth-order valence-corrected chi connectivity index (χ4v) is 0.884. The van der Waals surface area contributed by atoms with Crippen molar-refractivity contribution in [3.8, 4) is 0 Å². The van der Waals surface area contributed by atoms with Gasteiger partial charge in [-0.1, -0.05) is 37.3 Å². The highest BCUT2D eigenvalue weighted by molar-refractivity contribution is 5.75. The minimum absolute atomic E-state index is 0.222. The van der Waals surface area contributed by atoms with Gasteiger partial charge in [0.05, 0.1) is 5.92 Å². The molecule has 0 saturated carbocycles. The maximum absolute atomic E-state index is 10.5. The Morgan fingerprint density at radius 2 is 1.62 bits per heavy atom. The normalized spacial score (nSPS) is 10.9. The molecule has 4 heteroatoms. The topological polar surface area (TPSA) is 74.6 Å². The Morgan fingerprint density at radius 1 is 1.19 bits per heavy atom. The molecule has 1 atom stereocenters. The van der Waals surface area contributed by atoms with Crippen LogP contribution in [0.3, 0.4) is 0 Å². The lowest BCUT2D eigenvalue weighted by Gasteiger charge is -2.04. The van der Waals surface area contributed by atoms with Gasteiger partial charge in [-0.15, -0.1) is 0 Å². The lowest BCUT2D eigenvalue weighted by atomic mass is 10.0. The van der Waals surface area contributed by atoms with Gasteiger partial charge in [0.1, 0.15) is 0 Å². The van der Waals surface area contributed by atoms with Crippen LogP contribution in [-0.2, 0) is 9.59 Å². The van der Waals surface area contributed by atoms with Crippen LogP contribution >= 0.6 is 0 Å². The van der Waals surface area contributed by atoms with Gasteiger partial charge >= 0.3 is 11.9 Å². The summed E-state index contributed by atoms with van der Waals surface area (Å²) in [6, 6.07) is 9.19. The van der Waals surface area contributed by atoms with E-state index in [9.17, 15) is 9.59 Å². The summed E-state index contributed by atoms with van der Waals surface area (Å²) in [6.07, 6.45) is 0.222. The van der Waals surface area contributed by atoms with Gasteiger partial charge in [0.15, 0.2) is 0 Å². The molecule has 0 spiro atoms. The smallest absolute Gasteiger partial charge is 0.310 e. The molecule has 1 aromatic carbocycles. The minimum atomic E-state index is -0.781. The summed E-state index contributed by atoms with van der Waals surface area (Å²) in [6.45, 7) is 3.28. The van der Waals surface area contributed by atoms with Crippen LogP contribution in [0.1, 0.15) is 31.7 Å². The summed E-state index contributed by atoms with van der Waals surface area (Å²) in [4.78, 5) is 19.9. The van der Waals surface area contributed by atoms with Crippen LogP contribution < -0.4 is 0 Å². The lowest BCUT2D eigenvalue weighted by molar-refractivity contribution is -0.138. The molecule has 88 valence electrons. The van der Waals surface area contributed by atoms with Crippen LogP contribution in [0.15, 0.2) is 30.3 Å². The maximum atomic E-state index is 10.5. The summed E-state index contributed by atoms with van der Waals surface area (Å²) in [5.74, 6) is -1.93. The zero-order valence-corrected chi connectivity index (χ0v) is 9.38. The Bertz CT molecular complexity index is 332. The second-order valence-corrected chi connectivity index (χ2v) is 3.22. The molecule has 0 amide bonds. The molecule has 0 aliphatic heterocycles. The Morgan fingerprint density at radius 3 is 1.94 bits per heavy atom. The summed E-state index contributed by atoms with van der Waals surface area (Å²) >= 11 is 0. The van der Waals surface area contributed by atoms with Crippen molar-refractivity contribution >= 4 is 11.9 Å². The average Bonchev–Trinajstić information content (AvgIpc) is 2.29. The predicted octanol–water partition coefficient (Wildman–Crippen LogP) is 2.36. The zero-order chi connectivity index (χ0) is 12.6. The Labute approximate surface area is 94.5 Å². The average molecular weight is 224 g/mol. The molecule has 1 rings (SSSR count). The fraction of sp³-hybridized carbons (Fsp3) is 0.333. The minimum Gasteiger partial charge on any atom is -0.481 e. The van der Waals surface area contributed by atoms with Crippen molar-refractivity contribution < 1.29 is 19.8 Å². The largest absolute Gasteiger partial charge is 0.481 e. The number of hydrogen-bond donors (Lipinski definition) is 2. The molecule has 16 heavy (non-hydrogen) atoms. The molecule has 0 saturated heterocycles. The van der Waals surface area contributed by atoms with E-state index in [1.54, 1.807) is 13.8 Å². The highest BCUT2D eigenvalue weighted by Gasteiger charge is 2.11. The molecule has 1 aromatic rings. The summed E-state index contributed by atoms with van der Waals surface area (Å²) in [5, 5.41) is 16.4. The van der Waals surface area contributed by atoms with Gasteiger partial charge in [0.25, 0.3) is 0 Å². The van der Waals surface area contributed by atoms with Crippen LogP contribution in [0.4, 0.5) is 0 Å². The molecule has 0 aromatic heterocycles. The third-order valence-corrected chi connectivity index (χ3v) is 1.97. The Hall–Kier alpha value is -1.84. The van der Waals surface area contributed by atoms with Gasteiger partial charge in [-0.3, -0.25) is 9.59 Å². The molecular weight excluding hydrogens is 208 g/mol. The third-order valence-electron chi connectivity index (χ3n) is 1.97. The molecule has 0 heterocycles. The van der Waals surface area contributed by atoms with Crippen molar-refractivity contribution in [2.75, 3.05) is 0 Å². The van der Waals surface area contributed by atoms with Crippen molar-refractivity contribution in [3.05, 3.63) is 35.9 Å². The summed E-state index contributed by atoms with van der Waals surface area (Å²) < 4.78 is 0. The highest BCUT2D eigenvalue weighted by atomic mass is 16.4. The van der Waals surface area contributed by atoms with E-state index in [2.05, 4.69) is 0 Å². The molecule has 0 unspecified atom stereocenters. The molecule has 0 aliphatic rings. The van der Waals surface area contributed by atoms with E-state index >= 15 is 0 Å². The first-order valence-corrected chi connectivity index (χ1v) is 4.98. The van der Waals surface area contributed by atoms with Gasteiger partial charge in [-0.25, -0.2) is 0 Å². The standard InChI is InChI=1S/C9H10O2.C3H6O2/c1-7(9(10)11)8-5-3-2-4-6-8;1-2-3(4)5/h2-7H,1H3,(H,10,11);2H2,1H3,(H,4,5)/t7-;/m1./s1. The lowest BCUT2D eigenvalue weighted by Crippen LogP contribution is -2.06. The van der Waals surface area contributed by atoms with E-state index in [4.69, 9.17) is 10.2 Å². The van der Waals surface area contributed by atoms with Crippen molar-refractivity contribution in [3.63, 3.8) is 0 Å². The van der Waals surface area contributed by atoms with Crippen LogP contribution in [0.2, 0.25) is 0 Å². The second-order valence-electron chi connectivity index (χ2n) is 3.22. The monoisotopic (exact) mass is 224 g/mol. The number of hydrogen-bond acceptors (Lipinski definition) is 2. The van der Waals surface area contributed by atoms with Gasteiger partial charge in [0.2, 0.25) is 0 Å². The van der Waals surface area contributed by atoms with Crippen molar-refractivity contribution in [2.24, 2.45) is 0 Å². The van der Waals surface area contributed by atoms with Crippen LogP contribution in [-0.4, -0.2) is 22.2 Å². The SMILES string of the molecule is CCC(=O)O.C[C@@H](C(=O)O)c1ccccc1. The highest BCUT2D eigenvalue weighted by Crippen LogP contribution is 2.13. The first-order chi connectivity index (χ1) is 7.49. The molecule has 0 aliphatic carbocycles. The molecular formula is C12H16O4. The van der Waals surface area contributed by atoms with E-state index in [-0.39, 0.29) is 6.42 Å². The van der Waals surface area contributed by atoms with Crippen molar-refractivity contribution in [2.45, 2.75) is 26.2 Å². The van der Waals surface area contributed by atoms with E-state index in [0.717, 1.165) is 5.56 Å². The van der Waals surface area contributed by atoms with Crippen LogP contribution in [0.5, 0.6) is 0 Å². The van der Waals surface area contributed by atoms with E-state index < -0.39 is 17.9 Å². The number of rotatable bonds is 3. The number of aliphatic carboxylic acids is 2. The first kappa shape index (κ1) is 14.2. The number of carboxylic acid groups (broad SMARTS) is 2. The maximum Gasteiger partial charge on any atom is 0.310 e. The van der Waals surface area contributed by atoms with Gasteiger partial charge in [-0.05, 0) is 12.5 Å². The first-order valence-electron chi connectivity index (χ1n) is 4.98. The quantitative estimate of drug-likeness (QED) is 0.826. The molecule has 4 nitrogen and oxygen atoms in total. The number of carboxylic acids is 2. The second kappa shape index (κ2) is 7.45. The Balaban J connectivity index is 0.000000385. The van der Waals surface area contributed by atoms with Crippen LogP contribution in [0.25, 0.3) is 0 Å². The third kappa shape index (κ3) is 5.80. The molecule has 0 fully saturated rings. The van der Waals surface area contributed by atoms with Crippen LogP contribution in [0, 0.1) is 0 Å². The van der Waals surface area contributed by atoms with Crippen molar-refractivity contribution in [1.29, 1.82) is 0 Å². The van der Waals surface area contributed by atoms with Crippen molar-refractivity contribution in [1.82, 2.24) is 0 Å². The molecule has 2 N–H and O–H groups in total. The molecule has 0 bridgehead atoms. The van der Waals surface area contributed by atoms with Gasteiger partial charge < -0.3 is 10.2 Å².